The Hall–Kier alpha value is -1.76. The number of hydrogen-bond acceptors (Lipinski definition) is 3. The van der Waals surface area contributed by atoms with Crippen molar-refractivity contribution in [2.24, 2.45) is 0 Å². The third-order valence-corrected chi connectivity index (χ3v) is 4.37. The van der Waals surface area contributed by atoms with E-state index in [4.69, 9.17) is 0 Å². The molecular formula is C14H23N3O3S. The monoisotopic (exact) mass is 313 g/mol. The molecule has 0 aromatic heterocycles. The Morgan fingerprint density at radius 1 is 1.14 bits per heavy atom. The summed E-state index contributed by atoms with van der Waals surface area (Å²) in [6, 6.07) is 6.37. The quantitative estimate of drug-likeness (QED) is 0.723. The second-order valence-corrected chi connectivity index (χ2v) is 6.75. The van der Waals surface area contributed by atoms with Gasteiger partial charge in [-0.15, -0.1) is 0 Å². The van der Waals surface area contributed by atoms with Crippen LogP contribution < -0.4 is 15.4 Å². The van der Waals surface area contributed by atoms with Crippen LogP contribution in [0.1, 0.15) is 33.6 Å². The summed E-state index contributed by atoms with van der Waals surface area (Å²) < 4.78 is 25.7. The van der Waals surface area contributed by atoms with Crippen LogP contribution in [-0.4, -0.2) is 26.2 Å². The van der Waals surface area contributed by atoms with Gasteiger partial charge in [0.2, 0.25) is 10.0 Å². The van der Waals surface area contributed by atoms with Gasteiger partial charge in [0.25, 0.3) is 0 Å². The molecule has 0 heterocycles. The predicted molar refractivity (Wildman–Crippen MR) is 86.0 cm³/mol. The van der Waals surface area contributed by atoms with Gasteiger partial charge < -0.3 is 10.6 Å². The van der Waals surface area contributed by atoms with Crippen LogP contribution in [0.3, 0.4) is 0 Å². The fourth-order valence-electron chi connectivity index (χ4n) is 1.61. The highest BCUT2D eigenvalue weighted by atomic mass is 32.2. The Morgan fingerprint density at radius 2 is 1.71 bits per heavy atom. The van der Waals surface area contributed by atoms with Crippen molar-refractivity contribution in [3.05, 3.63) is 24.3 Å². The second-order valence-electron chi connectivity index (χ2n) is 4.91. The summed E-state index contributed by atoms with van der Waals surface area (Å²) in [7, 11) is -3.29. The first-order valence-corrected chi connectivity index (χ1v) is 8.69. The SMILES string of the molecule is CCCS(=O)(=O)Nc1ccc(NC(=O)NC(C)CC)cc1. The molecule has 0 fully saturated rings. The third kappa shape index (κ3) is 6.48. The number of urea groups is 1. The molecule has 0 aliphatic heterocycles. The summed E-state index contributed by atoms with van der Waals surface area (Å²) in [5, 5.41) is 5.48. The fraction of sp³-hybridized carbons (Fsp3) is 0.500. The van der Waals surface area contributed by atoms with Crippen molar-refractivity contribution in [2.75, 3.05) is 15.8 Å². The van der Waals surface area contributed by atoms with Gasteiger partial charge in [0.05, 0.1) is 5.75 Å². The number of sulfonamides is 1. The predicted octanol–water partition coefficient (Wildman–Crippen LogP) is 2.76. The van der Waals surface area contributed by atoms with E-state index < -0.39 is 10.0 Å². The molecule has 2 amide bonds. The molecule has 1 unspecified atom stereocenters. The fourth-order valence-corrected chi connectivity index (χ4v) is 2.75. The molecule has 0 aliphatic rings. The van der Waals surface area contributed by atoms with Gasteiger partial charge in [-0.1, -0.05) is 13.8 Å². The molecule has 0 bridgehead atoms. The van der Waals surface area contributed by atoms with Crippen molar-refractivity contribution in [3.63, 3.8) is 0 Å². The zero-order valence-corrected chi connectivity index (χ0v) is 13.5. The Kier molecular flexibility index (Phi) is 6.48. The minimum atomic E-state index is -3.29. The van der Waals surface area contributed by atoms with Crippen molar-refractivity contribution in [3.8, 4) is 0 Å². The molecular weight excluding hydrogens is 290 g/mol. The van der Waals surface area contributed by atoms with Crippen molar-refractivity contribution in [1.82, 2.24) is 5.32 Å². The summed E-state index contributed by atoms with van der Waals surface area (Å²) in [5.41, 5.74) is 1.09. The van der Waals surface area contributed by atoms with E-state index in [-0.39, 0.29) is 17.8 Å². The molecule has 118 valence electrons. The number of amides is 2. The topological polar surface area (TPSA) is 87.3 Å². The molecule has 7 heteroatoms. The van der Waals surface area contributed by atoms with E-state index in [2.05, 4.69) is 15.4 Å². The highest BCUT2D eigenvalue weighted by molar-refractivity contribution is 7.92. The Balaban J connectivity index is 2.60. The largest absolute Gasteiger partial charge is 0.335 e. The van der Waals surface area contributed by atoms with Gasteiger partial charge in [0.15, 0.2) is 0 Å². The number of carbonyl (C=O) groups excluding carboxylic acids is 1. The van der Waals surface area contributed by atoms with E-state index in [0.29, 0.717) is 17.8 Å². The van der Waals surface area contributed by atoms with E-state index in [1.165, 1.54) is 0 Å². The van der Waals surface area contributed by atoms with Crippen molar-refractivity contribution in [1.29, 1.82) is 0 Å². The van der Waals surface area contributed by atoms with Crippen molar-refractivity contribution < 1.29 is 13.2 Å². The van der Waals surface area contributed by atoms with E-state index in [0.717, 1.165) is 6.42 Å². The van der Waals surface area contributed by atoms with Gasteiger partial charge >= 0.3 is 6.03 Å². The van der Waals surface area contributed by atoms with E-state index in [1.807, 2.05) is 20.8 Å². The molecule has 21 heavy (non-hydrogen) atoms. The first-order valence-electron chi connectivity index (χ1n) is 7.04. The van der Waals surface area contributed by atoms with E-state index >= 15 is 0 Å². The molecule has 0 radical (unpaired) electrons. The lowest BCUT2D eigenvalue weighted by atomic mass is 10.2. The highest BCUT2D eigenvalue weighted by Crippen LogP contribution is 2.15. The molecule has 3 N–H and O–H groups in total. The van der Waals surface area contributed by atoms with Gasteiger partial charge in [-0.25, -0.2) is 13.2 Å². The van der Waals surface area contributed by atoms with Crippen LogP contribution in [0.5, 0.6) is 0 Å². The summed E-state index contributed by atoms with van der Waals surface area (Å²) in [6.45, 7) is 5.72. The zero-order chi connectivity index (χ0) is 15.9. The molecule has 6 nitrogen and oxygen atoms in total. The standard InChI is InChI=1S/C14H23N3O3S/c1-4-10-21(19,20)17-13-8-6-12(7-9-13)16-14(18)15-11(3)5-2/h6-9,11,17H,4-5,10H2,1-3H3,(H2,15,16,18). The lowest BCUT2D eigenvalue weighted by Gasteiger charge is -2.13. The molecule has 0 aliphatic carbocycles. The number of rotatable bonds is 7. The summed E-state index contributed by atoms with van der Waals surface area (Å²) in [6.07, 6.45) is 1.41. The number of benzene rings is 1. The number of hydrogen-bond donors (Lipinski definition) is 3. The van der Waals surface area contributed by atoms with Crippen LogP contribution >= 0.6 is 0 Å². The van der Waals surface area contributed by atoms with Crippen LogP contribution in [-0.2, 0) is 10.0 Å². The maximum atomic E-state index is 11.6. The third-order valence-electron chi connectivity index (χ3n) is 2.88. The lowest BCUT2D eigenvalue weighted by molar-refractivity contribution is 0.249. The molecule has 0 spiro atoms. The van der Waals surface area contributed by atoms with Gasteiger partial charge in [0.1, 0.15) is 0 Å². The molecule has 1 atom stereocenters. The second kappa shape index (κ2) is 7.87. The average molecular weight is 313 g/mol. The Bertz CT molecular complexity index is 555. The van der Waals surface area contributed by atoms with Crippen molar-refractivity contribution >= 4 is 27.4 Å². The average Bonchev–Trinajstić information content (AvgIpc) is 2.40. The maximum absolute atomic E-state index is 11.6. The summed E-state index contributed by atoms with van der Waals surface area (Å²) in [5.74, 6) is 0.0876. The van der Waals surface area contributed by atoms with Gasteiger partial charge in [0, 0.05) is 17.4 Å². The molecule has 0 saturated heterocycles. The molecule has 1 rings (SSSR count). The normalized spacial score (nSPS) is 12.5. The first kappa shape index (κ1) is 17.3. The van der Waals surface area contributed by atoms with E-state index in [1.54, 1.807) is 24.3 Å². The molecule has 1 aromatic rings. The molecule has 0 saturated carbocycles. The number of anilines is 2. The minimum Gasteiger partial charge on any atom is -0.335 e. The zero-order valence-electron chi connectivity index (χ0n) is 12.6. The Labute approximate surface area is 126 Å². The van der Waals surface area contributed by atoms with Crippen LogP contribution in [0.4, 0.5) is 16.2 Å². The van der Waals surface area contributed by atoms with Gasteiger partial charge in [-0.05, 0) is 44.0 Å². The van der Waals surface area contributed by atoms with Crippen LogP contribution in [0.25, 0.3) is 0 Å². The number of carbonyl (C=O) groups is 1. The van der Waals surface area contributed by atoms with E-state index in [9.17, 15) is 13.2 Å². The first-order chi connectivity index (χ1) is 9.86. The van der Waals surface area contributed by atoms with Gasteiger partial charge in [-0.3, -0.25) is 4.72 Å². The maximum Gasteiger partial charge on any atom is 0.319 e. The van der Waals surface area contributed by atoms with Crippen LogP contribution in [0.15, 0.2) is 24.3 Å². The Morgan fingerprint density at radius 3 is 2.24 bits per heavy atom. The van der Waals surface area contributed by atoms with Crippen LogP contribution in [0, 0.1) is 0 Å². The lowest BCUT2D eigenvalue weighted by Crippen LogP contribution is -2.35. The van der Waals surface area contributed by atoms with Gasteiger partial charge in [-0.2, -0.15) is 0 Å². The summed E-state index contributed by atoms with van der Waals surface area (Å²) >= 11 is 0. The highest BCUT2D eigenvalue weighted by Gasteiger charge is 2.09. The molecule has 1 aromatic carbocycles. The smallest absolute Gasteiger partial charge is 0.319 e. The minimum absolute atomic E-state index is 0.0876. The summed E-state index contributed by atoms with van der Waals surface area (Å²) in [4.78, 5) is 11.6. The van der Waals surface area contributed by atoms with Crippen molar-refractivity contribution in [2.45, 2.75) is 39.7 Å². The van der Waals surface area contributed by atoms with Crippen LogP contribution in [0.2, 0.25) is 0 Å². The number of nitrogens with one attached hydrogen (secondary N) is 3.